The largest absolute Gasteiger partial charge is 0.480 e. The van der Waals surface area contributed by atoms with E-state index in [4.69, 9.17) is 13.9 Å². The molecule has 19 heavy (non-hydrogen) atoms. The van der Waals surface area contributed by atoms with E-state index in [1.165, 1.54) is 6.26 Å². The second-order valence-corrected chi connectivity index (χ2v) is 4.70. The SMILES string of the molecule is CN(Cc1nnc(-c2ccco2)o1)C(C)(C)C(=O)O. The average Bonchev–Trinajstić information content (AvgIpc) is 2.97. The summed E-state index contributed by atoms with van der Waals surface area (Å²) < 4.78 is 10.6. The van der Waals surface area contributed by atoms with E-state index in [-0.39, 0.29) is 12.4 Å². The van der Waals surface area contributed by atoms with E-state index in [0.717, 1.165) is 0 Å². The summed E-state index contributed by atoms with van der Waals surface area (Å²) in [5, 5.41) is 16.8. The van der Waals surface area contributed by atoms with Crippen LogP contribution in [-0.4, -0.2) is 38.8 Å². The van der Waals surface area contributed by atoms with Gasteiger partial charge in [0.05, 0.1) is 12.8 Å². The van der Waals surface area contributed by atoms with Crippen molar-refractivity contribution in [2.75, 3.05) is 7.05 Å². The zero-order valence-corrected chi connectivity index (χ0v) is 11.0. The lowest BCUT2D eigenvalue weighted by Gasteiger charge is -2.29. The molecule has 0 unspecified atom stereocenters. The molecule has 0 saturated heterocycles. The summed E-state index contributed by atoms with van der Waals surface area (Å²) in [6, 6.07) is 3.43. The van der Waals surface area contributed by atoms with E-state index in [1.807, 2.05) is 0 Å². The summed E-state index contributed by atoms with van der Waals surface area (Å²) >= 11 is 0. The van der Waals surface area contributed by atoms with Crippen LogP contribution in [0, 0.1) is 0 Å². The number of carboxylic acid groups (broad SMARTS) is 1. The Morgan fingerprint density at radius 2 is 2.21 bits per heavy atom. The van der Waals surface area contributed by atoms with Crippen LogP contribution in [0.4, 0.5) is 0 Å². The molecule has 0 radical (unpaired) electrons. The molecule has 0 amide bonds. The molecule has 1 N–H and O–H groups in total. The minimum Gasteiger partial charge on any atom is -0.480 e. The van der Waals surface area contributed by atoms with E-state index in [0.29, 0.717) is 11.7 Å². The molecule has 0 aliphatic heterocycles. The first-order valence-electron chi connectivity index (χ1n) is 5.72. The molecule has 2 aromatic heterocycles. The molecule has 0 saturated carbocycles. The van der Waals surface area contributed by atoms with Gasteiger partial charge in [-0.2, -0.15) is 0 Å². The first kappa shape index (κ1) is 13.3. The molecule has 0 aliphatic rings. The molecule has 7 heteroatoms. The van der Waals surface area contributed by atoms with Crippen molar-refractivity contribution in [3.8, 4) is 11.7 Å². The lowest BCUT2D eigenvalue weighted by atomic mass is 10.0. The number of furan rings is 1. The molecule has 2 rings (SSSR count). The summed E-state index contributed by atoms with van der Waals surface area (Å²) in [5.41, 5.74) is -1.01. The molecule has 0 spiro atoms. The van der Waals surface area contributed by atoms with Gasteiger partial charge in [-0.1, -0.05) is 0 Å². The van der Waals surface area contributed by atoms with Crippen molar-refractivity contribution in [2.24, 2.45) is 0 Å². The van der Waals surface area contributed by atoms with Crippen molar-refractivity contribution < 1.29 is 18.7 Å². The predicted octanol–water partition coefficient (Wildman–Crippen LogP) is 1.62. The van der Waals surface area contributed by atoms with Crippen molar-refractivity contribution in [1.29, 1.82) is 0 Å². The summed E-state index contributed by atoms with van der Waals surface area (Å²) in [6.07, 6.45) is 1.51. The first-order valence-corrected chi connectivity index (χ1v) is 5.72. The standard InChI is InChI=1S/C12H15N3O4/c1-12(2,11(16)17)15(3)7-9-13-14-10(19-9)8-5-4-6-18-8/h4-6H,7H2,1-3H3,(H,16,17). The summed E-state index contributed by atoms with van der Waals surface area (Å²) in [4.78, 5) is 12.7. The van der Waals surface area contributed by atoms with Gasteiger partial charge in [0.25, 0.3) is 5.89 Å². The van der Waals surface area contributed by atoms with Gasteiger partial charge < -0.3 is 13.9 Å². The number of nitrogens with zero attached hydrogens (tertiary/aromatic N) is 3. The molecule has 0 fully saturated rings. The van der Waals surface area contributed by atoms with Gasteiger partial charge in [-0.3, -0.25) is 9.69 Å². The van der Waals surface area contributed by atoms with Crippen molar-refractivity contribution >= 4 is 5.97 Å². The lowest BCUT2D eigenvalue weighted by molar-refractivity contribution is -0.149. The van der Waals surface area contributed by atoms with Crippen LogP contribution in [0.5, 0.6) is 0 Å². The maximum Gasteiger partial charge on any atom is 0.323 e. The van der Waals surface area contributed by atoms with E-state index in [1.54, 1.807) is 37.9 Å². The molecule has 102 valence electrons. The van der Waals surface area contributed by atoms with Crippen molar-refractivity contribution in [3.05, 3.63) is 24.3 Å². The molecule has 0 atom stereocenters. The second kappa shape index (κ2) is 4.85. The third-order valence-electron chi connectivity index (χ3n) is 3.05. The van der Waals surface area contributed by atoms with Crippen molar-refractivity contribution in [3.63, 3.8) is 0 Å². The van der Waals surface area contributed by atoms with Crippen LogP contribution in [-0.2, 0) is 11.3 Å². The van der Waals surface area contributed by atoms with Gasteiger partial charge in [0.2, 0.25) is 5.89 Å². The maximum atomic E-state index is 11.1. The minimum atomic E-state index is -1.01. The fourth-order valence-corrected chi connectivity index (χ4v) is 1.38. The van der Waals surface area contributed by atoms with Crippen molar-refractivity contribution in [2.45, 2.75) is 25.9 Å². The van der Waals surface area contributed by atoms with E-state index in [2.05, 4.69) is 10.2 Å². The zero-order valence-electron chi connectivity index (χ0n) is 11.0. The number of aliphatic carboxylic acids is 1. The molecule has 7 nitrogen and oxygen atoms in total. The maximum absolute atomic E-state index is 11.1. The van der Waals surface area contributed by atoms with E-state index < -0.39 is 11.5 Å². The Hall–Kier alpha value is -2.15. The fourth-order valence-electron chi connectivity index (χ4n) is 1.38. The Kier molecular flexibility index (Phi) is 3.39. The highest BCUT2D eigenvalue weighted by atomic mass is 16.4. The summed E-state index contributed by atoms with van der Waals surface area (Å²) in [5.74, 6) is 0.185. The number of likely N-dealkylation sites (N-methyl/N-ethyl adjacent to an activating group) is 1. The summed E-state index contributed by atoms with van der Waals surface area (Å²) in [6.45, 7) is 3.46. The smallest absolute Gasteiger partial charge is 0.323 e. The number of carbonyl (C=O) groups is 1. The summed E-state index contributed by atoms with van der Waals surface area (Å²) in [7, 11) is 1.69. The van der Waals surface area contributed by atoms with E-state index >= 15 is 0 Å². The average molecular weight is 265 g/mol. The number of hydrogen-bond acceptors (Lipinski definition) is 6. The lowest BCUT2D eigenvalue weighted by Crippen LogP contribution is -2.47. The number of carboxylic acids is 1. The van der Waals surface area contributed by atoms with Crippen LogP contribution >= 0.6 is 0 Å². The Labute approximate surface area is 109 Å². The van der Waals surface area contributed by atoms with Crippen LogP contribution < -0.4 is 0 Å². The Balaban J connectivity index is 2.11. The predicted molar refractivity (Wildman–Crippen MR) is 65.2 cm³/mol. The highest BCUT2D eigenvalue weighted by molar-refractivity contribution is 5.77. The molecule has 2 heterocycles. The number of hydrogen-bond donors (Lipinski definition) is 1. The molecule has 2 aromatic rings. The third-order valence-corrected chi connectivity index (χ3v) is 3.05. The Bertz CT molecular complexity index is 559. The van der Waals surface area contributed by atoms with Crippen LogP contribution in [0.15, 0.2) is 27.2 Å². The fraction of sp³-hybridized carbons (Fsp3) is 0.417. The zero-order chi connectivity index (χ0) is 14.0. The number of aromatic nitrogens is 2. The molecule has 0 bridgehead atoms. The van der Waals surface area contributed by atoms with Crippen LogP contribution in [0.3, 0.4) is 0 Å². The Morgan fingerprint density at radius 3 is 2.79 bits per heavy atom. The Morgan fingerprint density at radius 1 is 1.47 bits per heavy atom. The van der Waals surface area contributed by atoms with Gasteiger partial charge in [-0.15, -0.1) is 10.2 Å². The van der Waals surface area contributed by atoms with E-state index in [9.17, 15) is 4.79 Å². The molecule has 0 aromatic carbocycles. The van der Waals surface area contributed by atoms with Gasteiger partial charge in [-0.05, 0) is 33.0 Å². The van der Waals surface area contributed by atoms with Crippen LogP contribution in [0.2, 0.25) is 0 Å². The highest BCUT2D eigenvalue weighted by Gasteiger charge is 2.33. The normalized spacial score (nSPS) is 12.0. The monoisotopic (exact) mass is 265 g/mol. The molecule has 0 aliphatic carbocycles. The van der Waals surface area contributed by atoms with Gasteiger partial charge in [0.15, 0.2) is 5.76 Å². The topological polar surface area (TPSA) is 92.6 Å². The van der Waals surface area contributed by atoms with Crippen LogP contribution in [0.1, 0.15) is 19.7 Å². The van der Waals surface area contributed by atoms with Crippen molar-refractivity contribution in [1.82, 2.24) is 15.1 Å². The number of rotatable bonds is 5. The highest BCUT2D eigenvalue weighted by Crippen LogP contribution is 2.20. The molecular formula is C12H15N3O4. The van der Waals surface area contributed by atoms with Gasteiger partial charge in [0, 0.05) is 0 Å². The quantitative estimate of drug-likeness (QED) is 0.878. The van der Waals surface area contributed by atoms with Gasteiger partial charge in [-0.25, -0.2) is 0 Å². The van der Waals surface area contributed by atoms with Gasteiger partial charge in [0.1, 0.15) is 5.54 Å². The first-order chi connectivity index (χ1) is 8.91. The van der Waals surface area contributed by atoms with Crippen LogP contribution in [0.25, 0.3) is 11.7 Å². The molecular weight excluding hydrogens is 250 g/mol. The van der Waals surface area contributed by atoms with Gasteiger partial charge >= 0.3 is 5.97 Å². The second-order valence-electron chi connectivity index (χ2n) is 4.70. The third kappa shape index (κ3) is 2.65. The minimum absolute atomic E-state index is 0.243.